The van der Waals surface area contributed by atoms with Crippen LogP contribution in [-0.4, -0.2) is 25.5 Å². The van der Waals surface area contributed by atoms with Crippen molar-refractivity contribution < 1.29 is 18.7 Å². The summed E-state index contributed by atoms with van der Waals surface area (Å²) >= 11 is 0. The number of anilines is 1. The van der Waals surface area contributed by atoms with Gasteiger partial charge in [0.05, 0.1) is 13.2 Å². The van der Waals surface area contributed by atoms with Crippen LogP contribution in [0.5, 0.6) is 5.75 Å². The molecule has 0 spiro atoms. The van der Waals surface area contributed by atoms with E-state index in [-0.39, 0.29) is 23.6 Å². The summed E-state index contributed by atoms with van der Waals surface area (Å²) in [5, 5.41) is 2.86. The van der Waals surface area contributed by atoms with Gasteiger partial charge in [-0.25, -0.2) is 4.39 Å². The Morgan fingerprint density at radius 1 is 1.19 bits per heavy atom. The third-order valence-corrected chi connectivity index (χ3v) is 4.79. The molecule has 2 aromatic rings. The van der Waals surface area contributed by atoms with Gasteiger partial charge >= 0.3 is 0 Å². The molecule has 0 aliphatic carbocycles. The van der Waals surface area contributed by atoms with Gasteiger partial charge in [-0.15, -0.1) is 0 Å². The number of rotatable bonds is 5. The Bertz CT molecular complexity index is 836. The second kappa shape index (κ2) is 8.20. The van der Waals surface area contributed by atoms with E-state index in [1.807, 2.05) is 0 Å². The summed E-state index contributed by atoms with van der Waals surface area (Å²) in [4.78, 5) is 26.2. The molecule has 27 heavy (non-hydrogen) atoms. The molecule has 0 bridgehead atoms. The standard InChI is InChI=1S/C21H23FN2O3/c1-14(16-8-11-19(27-2)18(22)13-16)23-21(26)15-6-9-17(10-7-15)24-12-4-3-5-20(24)25/h6-11,13-14H,3-5,12H2,1-2H3,(H,23,26)/t14-/m1/s1. The second-order valence-corrected chi connectivity index (χ2v) is 6.64. The monoisotopic (exact) mass is 370 g/mol. The fourth-order valence-corrected chi connectivity index (χ4v) is 3.19. The highest BCUT2D eigenvalue weighted by Crippen LogP contribution is 2.23. The molecule has 0 radical (unpaired) electrons. The molecular formula is C21H23FN2O3. The zero-order valence-electron chi connectivity index (χ0n) is 15.5. The van der Waals surface area contributed by atoms with Gasteiger partial charge in [-0.3, -0.25) is 9.59 Å². The van der Waals surface area contributed by atoms with Crippen molar-refractivity contribution in [1.29, 1.82) is 0 Å². The Morgan fingerprint density at radius 2 is 1.93 bits per heavy atom. The Kier molecular flexibility index (Phi) is 5.74. The molecule has 1 saturated heterocycles. The van der Waals surface area contributed by atoms with E-state index in [2.05, 4.69) is 5.32 Å². The molecule has 1 N–H and O–H groups in total. The largest absolute Gasteiger partial charge is 0.494 e. The van der Waals surface area contributed by atoms with Gasteiger partial charge in [0, 0.05) is 24.2 Å². The first-order chi connectivity index (χ1) is 13.0. The Labute approximate surface area is 158 Å². The number of nitrogens with zero attached hydrogens (tertiary/aromatic N) is 1. The van der Waals surface area contributed by atoms with Gasteiger partial charge in [0.2, 0.25) is 5.91 Å². The number of nitrogens with one attached hydrogen (secondary N) is 1. The van der Waals surface area contributed by atoms with Gasteiger partial charge in [-0.1, -0.05) is 6.07 Å². The number of methoxy groups -OCH3 is 1. The van der Waals surface area contributed by atoms with Gasteiger partial charge in [0.25, 0.3) is 5.91 Å². The summed E-state index contributed by atoms with van der Waals surface area (Å²) in [6.45, 7) is 2.50. The number of halogens is 1. The van der Waals surface area contributed by atoms with Crippen LogP contribution in [0.4, 0.5) is 10.1 Å². The molecule has 1 aliphatic heterocycles. The highest BCUT2D eigenvalue weighted by molar-refractivity contribution is 5.97. The predicted octanol–water partition coefficient (Wildman–Crippen LogP) is 3.84. The number of piperidine rings is 1. The molecule has 1 heterocycles. The Morgan fingerprint density at radius 3 is 2.56 bits per heavy atom. The van der Waals surface area contributed by atoms with Crippen molar-refractivity contribution >= 4 is 17.5 Å². The van der Waals surface area contributed by atoms with Crippen molar-refractivity contribution in [2.24, 2.45) is 0 Å². The zero-order chi connectivity index (χ0) is 19.4. The molecular weight excluding hydrogens is 347 g/mol. The van der Waals surface area contributed by atoms with E-state index in [9.17, 15) is 14.0 Å². The van der Waals surface area contributed by atoms with Crippen molar-refractivity contribution in [2.45, 2.75) is 32.2 Å². The lowest BCUT2D eigenvalue weighted by Crippen LogP contribution is -2.35. The minimum atomic E-state index is -0.466. The molecule has 2 aromatic carbocycles. The van der Waals surface area contributed by atoms with Gasteiger partial charge < -0.3 is 15.0 Å². The second-order valence-electron chi connectivity index (χ2n) is 6.64. The smallest absolute Gasteiger partial charge is 0.251 e. The molecule has 5 nitrogen and oxygen atoms in total. The van der Waals surface area contributed by atoms with Crippen LogP contribution in [-0.2, 0) is 4.79 Å². The SMILES string of the molecule is COc1ccc([C@@H](C)NC(=O)c2ccc(N3CCCCC3=O)cc2)cc1F. The maximum absolute atomic E-state index is 13.9. The molecule has 1 aliphatic rings. The molecule has 0 aromatic heterocycles. The zero-order valence-corrected chi connectivity index (χ0v) is 15.5. The Balaban J connectivity index is 1.67. The average molecular weight is 370 g/mol. The first-order valence-electron chi connectivity index (χ1n) is 9.04. The molecule has 142 valence electrons. The summed E-state index contributed by atoms with van der Waals surface area (Å²) in [6, 6.07) is 11.2. The van der Waals surface area contributed by atoms with Crippen molar-refractivity contribution in [3.8, 4) is 5.75 Å². The van der Waals surface area contributed by atoms with E-state index in [1.54, 1.807) is 42.2 Å². The van der Waals surface area contributed by atoms with Crippen molar-refractivity contribution in [3.63, 3.8) is 0 Å². The average Bonchev–Trinajstić information content (AvgIpc) is 2.68. The maximum Gasteiger partial charge on any atom is 0.251 e. The normalized spacial score (nSPS) is 15.4. The predicted molar refractivity (Wildman–Crippen MR) is 101 cm³/mol. The van der Waals surface area contributed by atoms with Crippen LogP contribution in [0.2, 0.25) is 0 Å². The molecule has 0 saturated carbocycles. The first-order valence-corrected chi connectivity index (χ1v) is 9.04. The molecule has 1 atom stereocenters. The number of ether oxygens (including phenoxy) is 1. The highest BCUT2D eigenvalue weighted by atomic mass is 19.1. The quantitative estimate of drug-likeness (QED) is 0.870. The topological polar surface area (TPSA) is 58.6 Å². The number of benzene rings is 2. The Hall–Kier alpha value is -2.89. The van der Waals surface area contributed by atoms with Gasteiger partial charge in [0.15, 0.2) is 11.6 Å². The lowest BCUT2D eigenvalue weighted by molar-refractivity contribution is -0.119. The van der Waals surface area contributed by atoms with Crippen LogP contribution in [0, 0.1) is 5.82 Å². The van der Waals surface area contributed by atoms with Gasteiger partial charge in [-0.2, -0.15) is 0 Å². The first kappa shape index (κ1) is 18.9. The van der Waals surface area contributed by atoms with Crippen molar-refractivity contribution in [2.75, 3.05) is 18.6 Å². The highest BCUT2D eigenvalue weighted by Gasteiger charge is 2.20. The summed E-state index contributed by atoms with van der Waals surface area (Å²) in [7, 11) is 1.41. The lowest BCUT2D eigenvalue weighted by Gasteiger charge is -2.26. The molecule has 6 heteroatoms. The van der Waals surface area contributed by atoms with E-state index in [0.29, 0.717) is 24.1 Å². The van der Waals surface area contributed by atoms with Crippen LogP contribution >= 0.6 is 0 Å². The van der Waals surface area contributed by atoms with Gasteiger partial charge in [0.1, 0.15) is 0 Å². The van der Waals surface area contributed by atoms with E-state index in [4.69, 9.17) is 4.74 Å². The van der Waals surface area contributed by atoms with E-state index in [1.165, 1.54) is 19.2 Å². The van der Waals surface area contributed by atoms with Crippen LogP contribution in [0.3, 0.4) is 0 Å². The van der Waals surface area contributed by atoms with E-state index in [0.717, 1.165) is 18.5 Å². The van der Waals surface area contributed by atoms with Gasteiger partial charge in [-0.05, 0) is 61.7 Å². The summed E-state index contributed by atoms with van der Waals surface area (Å²) < 4.78 is 18.8. The third-order valence-electron chi connectivity index (χ3n) is 4.79. The van der Waals surface area contributed by atoms with E-state index < -0.39 is 5.82 Å². The fraction of sp³-hybridized carbons (Fsp3) is 0.333. The number of hydrogen-bond acceptors (Lipinski definition) is 3. The number of carbonyl (C=O) groups excluding carboxylic acids is 2. The minimum absolute atomic E-state index is 0.119. The van der Waals surface area contributed by atoms with Crippen LogP contribution < -0.4 is 15.0 Å². The lowest BCUT2D eigenvalue weighted by atomic mass is 10.1. The summed E-state index contributed by atoms with van der Waals surface area (Å²) in [5.41, 5.74) is 1.95. The van der Waals surface area contributed by atoms with Crippen LogP contribution in [0.25, 0.3) is 0 Å². The van der Waals surface area contributed by atoms with Crippen molar-refractivity contribution in [3.05, 3.63) is 59.4 Å². The molecule has 3 rings (SSSR count). The number of amides is 2. The fourth-order valence-electron chi connectivity index (χ4n) is 3.19. The van der Waals surface area contributed by atoms with Crippen molar-refractivity contribution in [1.82, 2.24) is 5.32 Å². The van der Waals surface area contributed by atoms with Crippen LogP contribution in [0.15, 0.2) is 42.5 Å². The number of hydrogen-bond donors (Lipinski definition) is 1. The van der Waals surface area contributed by atoms with Crippen LogP contribution in [0.1, 0.15) is 48.1 Å². The third kappa shape index (κ3) is 4.27. The molecule has 1 fully saturated rings. The van der Waals surface area contributed by atoms with E-state index >= 15 is 0 Å². The maximum atomic E-state index is 13.9. The molecule has 0 unspecified atom stereocenters. The number of carbonyl (C=O) groups is 2. The summed E-state index contributed by atoms with van der Waals surface area (Å²) in [5.74, 6) is -0.435. The summed E-state index contributed by atoms with van der Waals surface area (Å²) in [6.07, 6.45) is 2.49. The minimum Gasteiger partial charge on any atom is -0.494 e. The molecule has 2 amide bonds.